The molecule has 0 aliphatic heterocycles. The molecule has 110 valence electrons. The fraction of sp³-hybridized carbons (Fsp3) is 0.214. The van der Waals surface area contributed by atoms with E-state index in [1.807, 2.05) is 35.0 Å². The summed E-state index contributed by atoms with van der Waals surface area (Å²) in [5.41, 5.74) is 11.3. The highest BCUT2D eigenvalue weighted by atomic mass is 16.5. The molecule has 4 N–H and O–H groups in total. The van der Waals surface area contributed by atoms with E-state index in [9.17, 15) is 0 Å². The van der Waals surface area contributed by atoms with Crippen molar-refractivity contribution in [3.05, 3.63) is 48.5 Å². The Kier molecular flexibility index (Phi) is 5.33. The fourth-order valence-electron chi connectivity index (χ4n) is 1.72. The summed E-state index contributed by atoms with van der Waals surface area (Å²) in [6, 6.07) is 7.57. The number of nitrogens with zero attached hydrogens (tertiary/aromatic N) is 4. The number of aryl methyl sites for hydroxylation is 1. The molecule has 0 bridgehead atoms. The number of nitrogens with two attached hydrogens (primary N) is 2. The SMILES string of the molecule is NC(N)=NN=Cc1ccccc1OCCCn1ccnc1. The minimum Gasteiger partial charge on any atom is -0.493 e. The Morgan fingerprint density at radius 2 is 2.19 bits per heavy atom. The summed E-state index contributed by atoms with van der Waals surface area (Å²) in [5, 5.41) is 7.36. The van der Waals surface area contributed by atoms with Gasteiger partial charge in [-0.25, -0.2) is 4.98 Å². The van der Waals surface area contributed by atoms with Gasteiger partial charge in [-0.2, -0.15) is 5.10 Å². The van der Waals surface area contributed by atoms with E-state index in [1.165, 1.54) is 0 Å². The van der Waals surface area contributed by atoms with Crippen LogP contribution in [-0.2, 0) is 6.54 Å². The molecule has 0 saturated carbocycles. The van der Waals surface area contributed by atoms with Crippen molar-refractivity contribution in [1.29, 1.82) is 0 Å². The van der Waals surface area contributed by atoms with Gasteiger partial charge in [0.1, 0.15) is 5.75 Å². The summed E-state index contributed by atoms with van der Waals surface area (Å²) in [4.78, 5) is 3.99. The Morgan fingerprint density at radius 3 is 2.95 bits per heavy atom. The zero-order valence-corrected chi connectivity index (χ0v) is 11.6. The summed E-state index contributed by atoms with van der Waals surface area (Å²) in [6.07, 6.45) is 7.92. The summed E-state index contributed by atoms with van der Waals surface area (Å²) in [5.74, 6) is 0.669. The van der Waals surface area contributed by atoms with Crippen LogP contribution in [-0.4, -0.2) is 28.3 Å². The van der Waals surface area contributed by atoms with Gasteiger partial charge in [-0.1, -0.05) is 12.1 Å². The van der Waals surface area contributed by atoms with E-state index < -0.39 is 0 Å². The Hall–Kier alpha value is -2.83. The van der Waals surface area contributed by atoms with E-state index in [1.54, 1.807) is 18.7 Å². The minimum absolute atomic E-state index is 0.0787. The van der Waals surface area contributed by atoms with Gasteiger partial charge in [-0.15, -0.1) is 5.10 Å². The predicted molar refractivity (Wildman–Crippen MR) is 82.2 cm³/mol. The van der Waals surface area contributed by atoms with Crippen molar-refractivity contribution in [1.82, 2.24) is 9.55 Å². The van der Waals surface area contributed by atoms with Crippen molar-refractivity contribution >= 4 is 12.2 Å². The first-order valence-electron chi connectivity index (χ1n) is 6.55. The van der Waals surface area contributed by atoms with Crippen molar-refractivity contribution in [2.45, 2.75) is 13.0 Å². The molecule has 2 aromatic rings. The molecule has 0 unspecified atom stereocenters. The van der Waals surface area contributed by atoms with Gasteiger partial charge in [-0.05, 0) is 18.6 Å². The third-order valence-electron chi connectivity index (χ3n) is 2.67. The van der Waals surface area contributed by atoms with E-state index >= 15 is 0 Å². The predicted octanol–water partition coefficient (Wildman–Crippen LogP) is 0.959. The van der Waals surface area contributed by atoms with Crippen LogP contribution in [0.5, 0.6) is 5.75 Å². The molecule has 21 heavy (non-hydrogen) atoms. The number of guanidine groups is 1. The average molecular weight is 286 g/mol. The van der Waals surface area contributed by atoms with Gasteiger partial charge in [0.05, 0.1) is 19.1 Å². The van der Waals surface area contributed by atoms with E-state index in [2.05, 4.69) is 15.2 Å². The molecule has 0 radical (unpaired) electrons. The van der Waals surface area contributed by atoms with Crippen LogP contribution in [0.4, 0.5) is 0 Å². The maximum atomic E-state index is 5.76. The molecule has 7 nitrogen and oxygen atoms in total. The molecule has 0 atom stereocenters. The number of aromatic nitrogens is 2. The third kappa shape index (κ3) is 4.98. The third-order valence-corrected chi connectivity index (χ3v) is 2.67. The van der Waals surface area contributed by atoms with E-state index in [0.717, 1.165) is 24.3 Å². The fourth-order valence-corrected chi connectivity index (χ4v) is 1.72. The highest BCUT2D eigenvalue weighted by molar-refractivity contribution is 5.84. The minimum atomic E-state index is -0.0787. The molecule has 0 saturated heterocycles. The van der Waals surface area contributed by atoms with E-state index in [4.69, 9.17) is 16.2 Å². The summed E-state index contributed by atoms with van der Waals surface area (Å²) >= 11 is 0. The van der Waals surface area contributed by atoms with Gasteiger partial charge in [0.15, 0.2) is 0 Å². The number of benzene rings is 1. The Balaban J connectivity index is 1.87. The molecule has 0 spiro atoms. The van der Waals surface area contributed by atoms with Crippen LogP contribution in [0.25, 0.3) is 0 Å². The zero-order valence-electron chi connectivity index (χ0n) is 11.6. The molecule has 1 heterocycles. The second-order valence-corrected chi connectivity index (χ2v) is 4.31. The lowest BCUT2D eigenvalue weighted by molar-refractivity contribution is 0.301. The monoisotopic (exact) mass is 286 g/mol. The lowest BCUT2D eigenvalue weighted by atomic mass is 10.2. The van der Waals surface area contributed by atoms with Crippen molar-refractivity contribution in [2.24, 2.45) is 21.7 Å². The molecular formula is C14H18N6O. The second kappa shape index (κ2) is 7.68. The van der Waals surface area contributed by atoms with Crippen LogP contribution < -0.4 is 16.2 Å². The normalized spacial score (nSPS) is 10.7. The molecular weight excluding hydrogens is 268 g/mol. The lowest BCUT2D eigenvalue weighted by Crippen LogP contribution is -2.21. The quantitative estimate of drug-likeness (QED) is 0.342. The number of imidazole rings is 1. The lowest BCUT2D eigenvalue weighted by Gasteiger charge is -2.08. The molecule has 0 aliphatic rings. The van der Waals surface area contributed by atoms with Gasteiger partial charge in [-0.3, -0.25) is 0 Å². The highest BCUT2D eigenvalue weighted by Gasteiger charge is 2.00. The first kappa shape index (κ1) is 14.6. The van der Waals surface area contributed by atoms with Crippen LogP contribution in [0, 0.1) is 0 Å². The van der Waals surface area contributed by atoms with Crippen LogP contribution in [0.2, 0.25) is 0 Å². The van der Waals surface area contributed by atoms with Crippen LogP contribution in [0.3, 0.4) is 0 Å². The largest absolute Gasteiger partial charge is 0.493 e. The summed E-state index contributed by atoms with van der Waals surface area (Å²) < 4.78 is 7.77. The summed E-state index contributed by atoms with van der Waals surface area (Å²) in [6.45, 7) is 1.47. The molecule has 1 aromatic carbocycles. The molecule has 2 rings (SSSR count). The van der Waals surface area contributed by atoms with Crippen LogP contribution in [0.15, 0.2) is 53.2 Å². The topological polar surface area (TPSA) is 104 Å². The van der Waals surface area contributed by atoms with Gasteiger partial charge >= 0.3 is 0 Å². The second-order valence-electron chi connectivity index (χ2n) is 4.31. The number of hydrogen-bond acceptors (Lipinski definition) is 4. The standard InChI is InChI=1S/C14H18N6O/c15-14(16)19-18-10-12-4-1-2-5-13(12)21-9-3-7-20-8-6-17-11-20/h1-2,4-6,8,10-11H,3,7,9H2,(H4,15,16,19). The Bertz CT molecular complexity index is 602. The van der Waals surface area contributed by atoms with Gasteiger partial charge < -0.3 is 20.8 Å². The highest BCUT2D eigenvalue weighted by Crippen LogP contribution is 2.16. The first-order chi connectivity index (χ1) is 10.3. The zero-order chi connectivity index (χ0) is 14.9. The van der Waals surface area contributed by atoms with Crippen molar-refractivity contribution in [3.8, 4) is 5.75 Å². The molecule has 1 aromatic heterocycles. The van der Waals surface area contributed by atoms with Gasteiger partial charge in [0.2, 0.25) is 5.96 Å². The van der Waals surface area contributed by atoms with Gasteiger partial charge in [0, 0.05) is 24.5 Å². The average Bonchev–Trinajstić information content (AvgIpc) is 2.98. The van der Waals surface area contributed by atoms with E-state index in [0.29, 0.717) is 6.61 Å². The van der Waals surface area contributed by atoms with E-state index in [-0.39, 0.29) is 5.96 Å². The van der Waals surface area contributed by atoms with Crippen molar-refractivity contribution in [2.75, 3.05) is 6.61 Å². The van der Waals surface area contributed by atoms with Gasteiger partial charge in [0.25, 0.3) is 0 Å². The Labute approximate surface area is 123 Å². The van der Waals surface area contributed by atoms with Crippen LogP contribution in [0.1, 0.15) is 12.0 Å². The first-order valence-corrected chi connectivity index (χ1v) is 6.55. The number of para-hydroxylation sites is 1. The molecule has 7 heteroatoms. The van der Waals surface area contributed by atoms with Crippen molar-refractivity contribution in [3.63, 3.8) is 0 Å². The number of hydrogen-bond donors (Lipinski definition) is 2. The maximum Gasteiger partial charge on any atom is 0.211 e. The Morgan fingerprint density at radius 1 is 1.33 bits per heavy atom. The summed E-state index contributed by atoms with van der Waals surface area (Å²) in [7, 11) is 0. The molecule has 0 aliphatic carbocycles. The number of ether oxygens (including phenoxy) is 1. The molecule has 0 amide bonds. The molecule has 0 fully saturated rings. The smallest absolute Gasteiger partial charge is 0.211 e. The number of rotatable bonds is 7. The maximum absolute atomic E-state index is 5.76. The van der Waals surface area contributed by atoms with Crippen LogP contribution >= 0.6 is 0 Å². The van der Waals surface area contributed by atoms with Crippen molar-refractivity contribution < 1.29 is 4.74 Å².